The molecule has 3 aromatic carbocycles. The Balaban J connectivity index is 1.77. The SMILES string of the molecule is COCCOc1ccc(C(N)=O)c(-c2cc(C(CNC3CCC(C)CC3)c3ccccc3)c(Cl)cc2Cl)c1F. The highest BCUT2D eigenvalue weighted by atomic mass is 35.5. The van der Waals surface area contributed by atoms with Gasteiger partial charge in [-0.2, -0.15) is 0 Å². The molecule has 1 amide bonds. The van der Waals surface area contributed by atoms with Gasteiger partial charge in [0.15, 0.2) is 11.6 Å². The van der Waals surface area contributed by atoms with Gasteiger partial charge in [0.2, 0.25) is 5.91 Å². The lowest BCUT2D eigenvalue weighted by atomic mass is 9.85. The molecule has 1 unspecified atom stereocenters. The molecule has 3 aromatic rings. The molecule has 0 bridgehead atoms. The number of nitrogens with two attached hydrogens (primary N) is 1. The summed E-state index contributed by atoms with van der Waals surface area (Å²) in [6.07, 6.45) is 4.67. The van der Waals surface area contributed by atoms with Crippen molar-refractivity contribution in [2.24, 2.45) is 11.7 Å². The van der Waals surface area contributed by atoms with Gasteiger partial charge in [-0.1, -0.05) is 60.5 Å². The van der Waals surface area contributed by atoms with Crippen LogP contribution >= 0.6 is 23.2 Å². The summed E-state index contributed by atoms with van der Waals surface area (Å²) in [6, 6.07) is 16.7. The molecule has 0 saturated heterocycles. The fraction of sp³-hybridized carbons (Fsp3) is 0.387. The van der Waals surface area contributed by atoms with Crippen molar-refractivity contribution in [3.8, 4) is 16.9 Å². The van der Waals surface area contributed by atoms with Gasteiger partial charge in [0, 0.05) is 41.8 Å². The smallest absolute Gasteiger partial charge is 0.249 e. The van der Waals surface area contributed by atoms with Gasteiger partial charge < -0.3 is 20.5 Å². The summed E-state index contributed by atoms with van der Waals surface area (Å²) in [5.41, 5.74) is 7.82. The molecule has 8 heteroatoms. The number of ether oxygens (including phenoxy) is 2. The van der Waals surface area contributed by atoms with Gasteiger partial charge in [-0.25, -0.2) is 4.39 Å². The number of amides is 1. The van der Waals surface area contributed by atoms with Gasteiger partial charge >= 0.3 is 0 Å². The molecule has 0 heterocycles. The number of hydrogen-bond donors (Lipinski definition) is 2. The zero-order valence-electron chi connectivity index (χ0n) is 22.3. The second-order valence-electron chi connectivity index (χ2n) is 10.2. The molecule has 3 N–H and O–H groups in total. The zero-order valence-corrected chi connectivity index (χ0v) is 23.8. The molecule has 5 nitrogen and oxygen atoms in total. The maximum Gasteiger partial charge on any atom is 0.249 e. The van der Waals surface area contributed by atoms with Gasteiger partial charge in [0.1, 0.15) is 6.61 Å². The summed E-state index contributed by atoms with van der Waals surface area (Å²) in [6.45, 7) is 3.37. The van der Waals surface area contributed by atoms with E-state index in [0.29, 0.717) is 23.2 Å². The second-order valence-corrected chi connectivity index (χ2v) is 11.0. The van der Waals surface area contributed by atoms with Crippen LogP contribution in [0.4, 0.5) is 4.39 Å². The molecule has 0 spiro atoms. The van der Waals surface area contributed by atoms with Gasteiger partial charge in [-0.15, -0.1) is 0 Å². The minimum atomic E-state index is -0.771. The molecule has 0 aromatic heterocycles. The van der Waals surface area contributed by atoms with E-state index in [0.717, 1.165) is 29.9 Å². The van der Waals surface area contributed by atoms with E-state index in [1.807, 2.05) is 18.2 Å². The Morgan fingerprint density at radius 1 is 1.05 bits per heavy atom. The molecular formula is C31H35Cl2FN2O3. The van der Waals surface area contributed by atoms with E-state index in [-0.39, 0.29) is 41.0 Å². The van der Waals surface area contributed by atoms with Crippen molar-refractivity contribution >= 4 is 29.1 Å². The lowest BCUT2D eigenvalue weighted by Gasteiger charge is -2.29. The average molecular weight is 574 g/mol. The first-order chi connectivity index (χ1) is 18.8. The van der Waals surface area contributed by atoms with E-state index in [9.17, 15) is 4.79 Å². The van der Waals surface area contributed by atoms with Crippen molar-refractivity contribution in [1.82, 2.24) is 5.32 Å². The van der Waals surface area contributed by atoms with Crippen molar-refractivity contribution in [1.29, 1.82) is 0 Å². The van der Waals surface area contributed by atoms with E-state index in [2.05, 4.69) is 24.4 Å². The summed E-state index contributed by atoms with van der Waals surface area (Å²) < 4.78 is 26.5. The highest BCUT2D eigenvalue weighted by Gasteiger charge is 2.26. The first-order valence-corrected chi connectivity index (χ1v) is 14.1. The third-order valence-corrected chi connectivity index (χ3v) is 8.12. The molecule has 1 aliphatic rings. The van der Waals surface area contributed by atoms with E-state index < -0.39 is 11.7 Å². The molecule has 1 fully saturated rings. The number of nitrogens with one attached hydrogen (secondary N) is 1. The normalized spacial score (nSPS) is 18.1. The molecule has 0 radical (unpaired) electrons. The van der Waals surface area contributed by atoms with Crippen LogP contribution in [0.25, 0.3) is 11.1 Å². The summed E-state index contributed by atoms with van der Waals surface area (Å²) in [5.74, 6) is -0.886. The minimum absolute atomic E-state index is 0.00692. The molecule has 1 aliphatic carbocycles. The average Bonchev–Trinajstić information content (AvgIpc) is 2.92. The van der Waals surface area contributed by atoms with Crippen LogP contribution in [0.1, 0.15) is 60.0 Å². The molecule has 39 heavy (non-hydrogen) atoms. The second kappa shape index (κ2) is 13.6. The van der Waals surface area contributed by atoms with E-state index in [1.165, 1.54) is 32.1 Å². The third-order valence-electron chi connectivity index (χ3n) is 7.48. The maximum absolute atomic E-state index is 15.9. The lowest BCUT2D eigenvalue weighted by molar-refractivity contribution is 0.1000. The number of rotatable bonds is 11. The third kappa shape index (κ3) is 7.12. The summed E-state index contributed by atoms with van der Waals surface area (Å²) in [4.78, 5) is 12.4. The van der Waals surface area contributed by atoms with Gasteiger partial charge in [0.05, 0.1) is 17.2 Å². The molecule has 0 aliphatic heterocycles. The molecule has 1 saturated carbocycles. The van der Waals surface area contributed by atoms with Crippen LogP contribution < -0.4 is 15.8 Å². The number of carbonyl (C=O) groups is 1. The Labute approximate surface area is 239 Å². The van der Waals surface area contributed by atoms with Crippen molar-refractivity contribution in [3.63, 3.8) is 0 Å². The van der Waals surface area contributed by atoms with Crippen LogP contribution in [0.15, 0.2) is 54.6 Å². The van der Waals surface area contributed by atoms with Crippen LogP contribution in [0, 0.1) is 11.7 Å². The van der Waals surface area contributed by atoms with Gasteiger partial charge in [0.25, 0.3) is 0 Å². The Hall–Kier alpha value is -2.64. The Kier molecular flexibility index (Phi) is 10.2. The number of hydrogen-bond acceptors (Lipinski definition) is 4. The van der Waals surface area contributed by atoms with Crippen molar-refractivity contribution in [3.05, 3.63) is 87.2 Å². The number of primary amides is 1. The monoisotopic (exact) mass is 572 g/mol. The van der Waals surface area contributed by atoms with Crippen molar-refractivity contribution in [2.75, 3.05) is 26.9 Å². The van der Waals surface area contributed by atoms with Crippen molar-refractivity contribution in [2.45, 2.75) is 44.6 Å². The predicted molar refractivity (Wildman–Crippen MR) is 155 cm³/mol. The van der Waals surface area contributed by atoms with E-state index in [1.54, 1.807) is 12.1 Å². The molecular weight excluding hydrogens is 538 g/mol. The Bertz CT molecular complexity index is 1280. The zero-order chi connectivity index (χ0) is 27.9. The van der Waals surface area contributed by atoms with Gasteiger partial charge in [-0.05, 0) is 67.0 Å². The number of methoxy groups -OCH3 is 1. The first-order valence-electron chi connectivity index (χ1n) is 13.3. The Morgan fingerprint density at radius 3 is 2.44 bits per heavy atom. The Morgan fingerprint density at radius 2 is 1.77 bits per heavy atom. The molecule has 208 valence electrons. The predicted octanol–water partition coefficient (Wildman–Crippen LogP) is 7.22. The fourth-order valence-corrected chi connectivity index (χ4v) is 5.85. The quantitative estimate of drug-likeness (QED) is 0.238. The largest absolute Gasteiger partial charge is 0.488 e. The molecule has 1 atom stereocenters. The van der Waals surface area contributed by atoms with Crippen LogP contribution in [-0.4, -0.2) is 38.8 Å². The van der Waals surface area contributed by atoms with Gasteiger partial charge in [-0.3, -0.25) is 4.79 Å². The van der Waals surface area contributed by atoms with Crippen LogP contribution in [0.5, 0.6) is 5.75 Å². The number of carbonyl (C=O) groups excluding carboxylic acids is 1. The van der Waals surface area contributed by atoms with Crippen molar-refractivity contribution < 1.29 is 18.7 Å². The van der Waals surface area contributed by atoms with E-state index >= 15 is 4.39 Å². The highest BCUT2D eigenvalue weighted by Crippen LogP contribution is 2.42. The van der Waals surface area contributed by atoms with Crippen LogP contribution in [0.3, 0.4) is 0 Å². The highest BCUT2D eigenvalue weighted by molar-refractivity contribution is 6.37. The standard InChI is InChI=1S/C31H35Cl2FN2O3/c1-19-8-10-21(11-9-19)36-18-25(20-6-4-3-5-7-20)23-16-24(27(33)17-26(23)32)29-22(31(35)37)12-13-28(30(29)34)39-15-14-38-2/h3-7,12-13,16-17,19,21,25,36H,8-11,14-15,18H2,1-2H3,(H2,35,37). The summed E-state index contributed by atoms with van der Waals surface area (Å²) >= 11 is 13.4. The minimum Gasteiger partial charge on any atom is -0.488 e. The van der Waals surface area contributed by atoms with E-state index in [4.69, 9.17) is 38.4 Å². The topological polar surface area (TPSA) is 73.6 Å². The van der Waals surface area contributed by atoms with Crippen LogP contribution in [0.2, 0.25) is 10.0 Å². The fourth-order valence-electron chi connectivity index (χ4n) is 5.24. The number of halogens is 3. The summed E-state index contributed by atoms with van der Waals surface area (Å²) in [5, 5.41) is 4.42. The number of benzene rings is 3. The summed E-state index contributed by atoms with van der Waals surface area (Å²) in [7, 11) is 1.53. The molecule has 4 rings (SSSR count). The van der Waals surface area contributed by atoms with Crippen LogP contribution in [-0.2, 0) is 4.74 Å². The lowest BCUT2D eigenvalue weighted by Crippen LogP contribution is -2.35. The first kappa shape index (κ1) is 29.3. The maximum atomic E-state index is 15.9.